The minimum atomic E-state index is -0.520. The third-order valence-electron chi connectivity index (χ3n) is 2.53. The second-order valence-electron chi connectivity index (χ2n) is 3.98. The first-order valence-corrected chi connectivity index (χ1v) is 5.64. The Morgan fingerprint density at radius 2 is 2.18 bits per heavy atom. The van der Waals surface area contributed by atoms with Crippen molar-refractivity contribution in [1.82, 2.24) is 9.47 Å². The van der Waals surface area contributed by atoms with E-state index >= 15 is 0 Å². The molecule has 0 aliphatic rings. The first kappa shape index (κ1) is 13.4. The van der Waals surface area contributed by atoms with Crippen LogP contribution in [0.5, 0.6) is 0 Å². The van der Waals surface area contributed by atoms with E-state index in [4.69, 9.17) is 0 Å². The molecule has 0 unspecified atom stereocenters. The lowest BCUT2D eigenvalue weighted by Gasteiger charge is -2.17. The van der Waals surface area contributed by atoms with Crippen molar-refractivity contribution in [2.75, 3.05) is 13.6 Å². The predicted octanol–water partition coefficient (Wildman–Crippen LogP) is 1.25. The summed E-state index contributed by atoms with van der Waals surface area (Å²) in [6.45, 7) is 2.57. The summed E-state index contributed by atoms with van der Waals surface area (Å²) in [7, 11) is 1.68. The average Bonchev–Trinajstić information content (AvgIpc) is 2.30. The maximum atomic E-state index is 12.9. The molecule has 1 amide bonds. The molecule has 0 radical (unpaired) electrons. The predicted molar refractivity (Wildman–Crippen MR) is 63.2 cm³/mol. The fourth-order valence-corrected chi connectivity index (χ4v) is 1.41. The van der Waals surface area contributed by atoms with Gasteiger partial charge in [0.05, 0.1) is 0 Å². The van der Waals surface area contributed by atoms with Gasteiger partial charge in [0.2, 0.25) is 5.91 Å². The summed E-state index contributed by atoms with van der Waals surface area (Å²) in [5.41, 5.74) is -0.372. The van der Waals surface area contributed by atoms with E-state index in [1.807, 2.05) is 6.92 Å². The van der Waals surface area contributed by atoms with Crippen LogP contribution in [0, 0.1) is 5.82 Å². The van der Waals surface area contributed by atoms with Crippen LogP contribution in [0.25, 0.3) is 0 Å². The van der Waals surface area contributed by atoms with Gasteiger partial charge in [0, 0.05) is 25.9 Å². The SMILES string of the molecule is CCCCN(C)C(=O)Cn1cc(F)ccc1=O. The Kier molecular flexibility index (Phi) is 4.87. The molecule has 0 saturated heterocycles. The molecule has 5 heteroatoms. The first-order valence-electron chi connectivity index (χ1n) is 5.64. The van der Waals surface area contributed by atoms with Crippen LogP contribution in [0.3, 0.4) is 0 Å². The average molecular weight is 240 g/mol. The van der Waals surface area contributed by atoms with Gasteiger partial charge in [-0.25, -0.2) is 4.39 Å². The number of nitrogens with zero attached hydrogens (tertiary/aromatic N) is 2. The number of hydrogen-bond donors (Lipinski definition) is 0. The van der Waals surface area contributed by atoms with Gasteiger partial charge in [0.25, 0.3) is 5.56 Å². The van der Waals surface area contributed by atoms with Crippen molar-refractivity contribution >= 4 is 5.91 Å². The molecular formula is C12H17FN2O2. The van der Waals surface area contributed by atoms with Gasteiger partial charge in [-0.05, 0) is 12.5 Å². The van der Waals surface area contributed by atoms with Gasteiger partial charge in [-0.2, -0.15) is 0 Å². The number of halogens is 1. The van der Waals surface area contributed by atoms with Crippen molar-refractivity contribution in [2.24, 2.45) is 0 Å². The lowest BCUT2D eigenvalue weighted by molar-refractivity contribution is -0.130. The van der Waals surface area contributed by atoms with E-state index in [0.29, 0.717) is 6.54 Å². The molecule has 1 heterocycles. The van der Waals surface area contributed by atoms with Crippen LogP contribution in [0.1, 0.15) is 19.8 Å². The molecule has 0 saturated carbocycles. The highest BCUT2D eigenvalue weighted by atomic mass is 19.1. The third kappa shape index (κ3) is 4.01. The molecule has 0 N–H and O–H groups in total. The minimum Gasteiger partial charge on any atom is -0.344 e. The standard InChI is InChI=1S/C12H17FN2O2/c1-3-4-7-14(2)12(17)9-15-8-10(13)5-6-11(15)16/h5-6,8H,3-4,7,9H2,1-2H3. The summed E-state index contributed by atoms with van der Waals surface area (Å²) < 4.78 is 14.0. The number of rotatable bonds is 5. The number of aromatic nitrogens is 1. The van der Waals surface area contributed by atoms with E-state index in [-0.39, 0.29) is 18.0 Å². The van der Waals surface area contributed by atoms with Crippen molar-refractivity contribution in [3.05, 3.63) is 34.5 Å². The highest BCUT2D eigenvalue weighted by Crippen LogP contribution is 1.96. The van der Waals surface area contributed by atoms with Crippen LogP contribution >= 0.6 is 0 Å². The van der Waals surface area contributed by atoms with Gasteiger partial charge in [-0.1, -0.05) is 13.3 Å². The van der Waals surface area contributed by atoms with Crippen LogP contribution in [0.4, 0.5) is 4.39 Å². The zero-order valence-electron chi connectivity index (χ0n) is 10.1. The van der Waals surface area contributed by atoms with E-state index in [0.717, 1.165) is 35.7 Å². The van der Waals surface area contributed by atoms with Gasteiger partial charge in [-0.3, -0.25) is 9.59 Å². The van der Waals surface area contributed by atoms with Gasteiger partial charge in [-0.15, -0.1) is 0 Å². The minimum absolute atomic E-state index is 0.114. The van der Waals surface area contributed by atoms with E-state index in [1.165, 1.54) is 0 Å². The third-order valence-corrected chi connectivity index (χ3v) is 2.53. The molecular weight excluding hydrogens is 223 g/mol. The van der Waals surface area contributed by atoms with E-state index in [1.54, 1.807) is 11.9 Å². The van der Waals surface area contributed by atoms with Crippen LogP contribution in [-0.2, 0) is 11.3 Å². The summed E-state index contributed by atoms with van der Waals surface area (Å²) in [6.07, 6.45) is 2.96. The van der Waals surface area contributed by atoms with Crippen LogP contribution in [0.15, 0.2) is 23.1 Å². The summed E-state index contributed by atoms with van der Waals surface area (Å²) >= 11 is 0. The molecule has 0 aromatic carbocycles. The maximum absolute atomic E-state index is 12.9. The first-order chi connectivity index (χ1) is 8.04. The number of hydrogen-bond acceptors (Lipinski definition) is 2. The Balaban J connectivity index is 2.67. The number of pyridine rings is 1. The largest absolute Gasteiger partial charge is 0.344 e. The quantitative estimate of drug-likeness (QED) is 0.777. The smallest absolute Gasteiger partial charge is 0.251 e. The van der Waals surface area contributed by atoms with Crippen molar-refractivity contribution in [3.8, 4) is 0 Å². The fraction of sp³-hybridized carbons (Fsp3) is 0.500. The molecule has 1 aromatic rings. The molecule has 0 fully saturated rings. The molecule has 1 rings (SSSR count). The molecule has 1 aromatic heterocycles. The Morgan fingerprint density at radius 1 is 1.47 bits per heavy atom. The monoisotopic (exact) mass is 240 g/mol. The molecule has 4 nitrogen and oxygen atoms in total. The summed E-state index contributed by atoms with van der Waals surface area (Å²) in [6, 6.07) is 2.21. The fourth-order valence-electron chi connectivity index (χ4n) is 1.41. The zero-order chi connectivity index (χ0) is 12.8. The van der Waals surface area contributed by atoms with Crippen molar-refractivity contribution in [2.45, 2.75) is 26.3 Å². The molecule has 0 bridgehead atoms. The van der Waals surface area contributed by atoms with Gasteiger partial charge < -0.3 is 9.47 Å². The number of carbonyl (C=O) groups is 1. The van der Waals surface area contributed by atoms with Crippen molar-refractivity contribution < 1.29 is 9.18 Å². The van der Waals surface area contributed by atoms with Crippen LogP contribution in [0.2, 0.25) is 0 Å². The van der Waals surface area contributed by atoms with E-state index in [9.17, 15) is 14.0 Å². The normalized spacial score (nSPS) is 10.3. The summed E-state index contributed by atoms with van der Waals surface area (Å²) in [5, 5.41) is 0. The lowest BCUT2D eigenvalue weighted by Crippen LogP contribution is -2.34. The lowest BCUT2D eigenvalue weighted by atomic mass is 10.3. The highest BCUT2D eigenvalue weighted by Gasteiger charge is 2.10. The Morgan fingerprint density at radius 3 is 2.82 bits per heavy atom. The topological polar surface area (TPSA) is 42.3 Å². The molecule has 0 spiro atoms. The maximum Gasteiger partial charge on any atom is 0.251 e. The van der Waals surface area contributed by atoms with Crippen LogP contribution in [-0.4, -0.2) is 29.0 Å². The number of amides is 1. The van der Waals surface area contributed by atoms with E-state index in [2.05, 4.69) is 0 Å². The second-order valence-corrected chi connectivity index (χ2v) is 3.98. The Bertz CT molecular complexity index is 442. The molecule has 0 aliphatic carbocycles. The summed E-state index contributed by atoms with van der Waals surface area (Å²) in [4.78, 5) is 24.7. The van der Waals surface area contributed by atoms with E-state index < -0.39 is 5.82 Å². The Hall–Kier alpha value is -1.65. The Labute approximate surface area is 99.7 Å². The van der Waals surface area contributed by atoms with Crippen molar-refractivity contribution in [3.63, 3.8) is 0 Å². The van der Waals surface area contributed by atoms with Crippen LogP contribution < -0.4 is 5.56 Å². The molecule has 0 aliphatic heterocycles. The van der Waals surface area contributed by atoms with Gasteiger partial charge in [0.15, 0.2) is 0 Å². The molecule has 17 heavy (non-hydrogen) atoms. The van der Waals surface area contributed by atoms with Gasteiger partial charge >= 0.3 is 0 Å². The highest BCUT2D eigenvalue weighted by molar-refractivity contribution is 5.75. The van der Waals surface area contributed by atoms with Gasteiger partial charge in [0.1, 0.15) is 12.4 Å². The summed E-state index contributed by atoms with van der Waals surface area (Å²) in [5.74, 6) is -0.709. The number of unbranched alkanes of at least 4 members (excludes halogenated alkanes) is 1. The second kappa shape index (κ2) is 6.18. The zero-order valence-corrected chi connectivity index (χ0v) is 10.1. The molecule has 0 atom stereocenters. The number of carbonyl (C=O) groups excluding carboxylic acids is 1. The molecule has 94 valence electrons. The number of likely N-dealkylation sites (N-methyl/N-ethyl adjacent to an activating group) is 1. The van der Waals surface area contributed by atoms with Crippen molar-refractivity contribution in [1.29, 1.82) is 0 Å².